The number of amides is 1. The van der Waals surface area contributed by atoms with E-state index in [0.29, 0.717) is 63.3 Å². The largest absolute Gasteiger partial charge is 0.500 e. The predicted octanol–water partition coefficient (Wildman–Crippen LogP) is 6.65. The van der Waals surface area contributed by atoms with Crippen LogP contribution in [0.15, 0.2) is 52.7 Å². The third-order valence-corrected chi connectivity index (χ3v) is 9.08. The molecule has 2 aromatic rings. The van der Waals surface area contributed by atoms with E-state index in [1.165, 1.54) is 18.2 Å². The van der Waals surface area contributed by atoms with Gasteiger partial charge in [0.25, 0.3) is 5.69 Å². The van der Waals surface area contributed by atoms with Crippen molar-refractivity contribution in [1.29, 1.82) is 0 Å². The van der Waals surface area contributed by atoms with Gasteiger partial charge in [0.15, 0.2) is 0 Å². The van der Waals surface area contributed by atoms with Gasteiger partial charge in [0, 0.05) is 50.7 Å². The molecule has 1 amide bonds. The average Bonchev–Trinajstić information content (AvgIpc) is 2.93. The Kier molecular flexibility index (Phi) is 14.5. The summed E-state index contributed by atoms with van der Waals surface area (Å²) in [7, 11) is -2.72. The maximum atomic E-state index is 12.2. The van der Waals surface area contributed by atoms with Crippen LogP contribution in [0.25, 0.3) is 0 Å². The highest BCUT2D eigenvalue weighted by molar-refractivity contribution is 6.60. The lowest BCUT2D eigenvalue weighted by molar-refractivity contribution is -0.384. The van der Waals surface area contributed by atoms with Crippen LogP contribution in [0.2, 0.25) is 11.1 Å². The molecule has 0 spiro atoms. The molecule has 0 aliphatic carbocycles. The maximum absolute atomic E-state index is 12.2. The highest BCUT2D eigenvalue weighted by Crippen LogP contribution is 2.30. The zero-order valence-corrected chi connectivity index (χ0v) is 25.2. The fraction of sp³-hybridized carbons (Fsp3) is 0.500. The van der Waals surface area contributed by atoms with Crippen molar-refractivity contribution in [3.8, 4) is 0 Å². The van der Waals surface area contributed by atoms with Gasteiger partial charge in [0.2, 0.25) is 0 Å². The van der Waals surface area contributed by atoms with Crippen molar-refractivity contribution in [1.82, 2.24) is 5.32 Å². The van der Waals surface area contributed by atoms with Crippen molar-refractivity contribution in [2.75, 3.05) is 51.0 Å². The number of nitrogens with one attached hydrogen (secondary N) is 1. The number of hydrogen-bond donors (Lipinski definition) is 1. The number of rotatable bonds is 18. The van der Waals surface area contributed by atoms with Gasteiger partial charge < -0.3 is 28.2 Å². The van der Waals surface area contributed by atoms with Crippen LogP contribution in [0, 0.1) is 10.1 Å². The first-order valence-electron chi connectivity index (χ1n) is 13.3. The number of ether oxygens (including phenoxy) is 1. The zero-order chi connectivity index (χ0) is 29.4. The van der Waals surface area contributed by atoms with E-state index < -0.39 is 19.8 Å². The second-order valence-electron chi connectivity index (χ2n) is 8.34. The van der Waals surface area contributed by atoms with Crippen LogP contribution in [0.4, 0.5) is 27.5 Å². The first-order chi connectivity index (χ1) is 19.3. The van der Waals surface area contributed by atoms with E-state index in [2.05, 4.69) is 20.4 Å². The van der Waals surface area contributed by atoms with Gasteiger partial charge in [-0.25, -0.2) is 4.79 Å². The van der Waals surface area contributed by atoms with Crippen LogP contribution in [0.3, 0.4) is 0 Å². The number of azo groups is 1. The van der Waals surface area contributed by atoms with E-state index in [0.717, 1.165) is 5.69 Å². The smallest absolute Gasteiger partial charge is 0.448 e. The molecule has 0 saturated heterocycles. The monoisotopic (exact) mass is 595 g/mol. The molecule has 14 heteroatoms. The van der Waals surface area contributed by atoms with Crippen molar-refractivity contribution >= 4 is 49.2 Å². The Labute approximate surface area is 241 Å². The summed E-state index contributed by atoms with van der Waals surface area (Å²) in [4.78, 5) is 24.6. The Balaban J connectivity index is 1.79. The highest BCUT2D eigenvalue weighted by Gasteiger charge is 2.39. The Morgan fingerprint density at radius 3 is 2.15 bits per heavy atom. The molecule has 1 N–H and O–H groups in total. The molecular weight excluding hydrogens is 558 g/mol. The minimum Gasteiger partial charge on any atom is -0.448 e. The Hall–Kier alpha value is -3.10. The highest BCUT2D eigenvalue weighted by atomic mass is 35.5. The van der Waals surface area contributed by atoms with Gasteiger partial charge in [0.05, 0.1) is 22.8 Å². The molecule has 220 valence electrons. The molecule has 0 atom stereocenters. The number of carbonyl (C=O) groups excluding carboxylic acids is 1. The number of nitro benzene ring substituents is 1. The predicted molar refractivity (Wildman–Crippen MR) is 156 cm³/mol. The first kappa shape index (κ1) is 33.1. The summed E-state index contributed by atoms with van der Waals surface area (Å²) in [6.45, 7) is 11.2. The second kappa shape index (κ2) is 17.6. The van der Waals surface area contributed by atoms with Crippen LogP contribution in [-0.2, 0) is 18.0 Å². The number of hydrogen-bond acceptors (Lipinski definition) is 10. The van der Waals surface area contributed by atoms with Gasteiger partial charge in [-0.15, -0.1) is 0 Å². The lowest BCUT2D eigenvalue weighted by atomic mass is 10.2. The lowest BCUT2D eigenvalue weighted by Crippen LogP contribution is -2.46. The standard InChI is InChI=1S/C26H38ClN5O7Si/c1-5-31(17-18-36-26(33)28-16-9-19-40(37-6-2,38-7-3)39-8-4)23-13-10-21(11-14-23)29-30-22-12-15-25(32(34)35)24(27)20-22/h10-15,20H,5-9,16-19H2,1-4H3,(H,28,33). The van der Waals surface area contributed by atoms with Crippen molar-refractivity contribution in [3.63, 3.8) is 0 Å². The third kappa shape index (κ3) is 10.8. The van der Waals surface area contributed by atoms with Gasteiger partial charge in [-0.05, 0) is 70.5 Å². The van der Waals surface area contributed by atoms with E-state index >= 15 is 0 Å². The summed E-state index contributed by atoms with van der Waals surface area (Å²) in [6.07, 6.45) is 0.179. The molecule has 0 radical (unpaired) electrons. The lowest BCUT2D eigenvalue weighted by Gasteiger charge is -2.28. The molecule has 40 heavy (non-hydrogen) atoms. The van der Waals surface area contributed by atoms with Gasteiger partial charge >= 0.3 is 14.9 Å². The Bertz CT molecular complexity index is 1090. The molecule has 0 bridgehead atoms. The van der Waals surface area contributed by atoms with E-state index in [9.17, 15) is 14.9 Å². The van der Waals surface area contributed by atoms with Gasteiger partial charge in [-0.1, -0.05) is 11.6 Å². The number of benzene rings is 2. The van der Waals surface area contributed by atoms with Crippen LogP contribution >= 0.6 is 11.6 Å². The molecular formula is C26H38ClN5O7Si. The number of likely N-dealkylation sites (N-methyl/N-ethyl adjacent to an activating group) is 1. The third-order valence-electron chi connectivity index (χ3n) is 5.62. The van der Waals surface area contributed by atoms with E-state index in [1.54, 1.807) is 12.1 Å². The summed E-state index contributed by atoms with van der Waals surface area (Å²) in [5, 5.41) is 21.9. The van der Waals surface area contributed by atoms with Gasteiger partial charge in [-0.3, -0.25) is 10.1 Å². The minimum atomic E-state index is -2.72. The van der Waals surface area contributed by atoms with Crippen molar-refractivity contribution < 1.29 is 27.7 Å². The summed E-state index contributed by atoms with van der Waals surface area (Å²) in [5.41, 5.74) is 1.77. The topological polar surface area (TPSA) is 137 Å². The van der Waals surface area contributed by atoms with Crippen LogP contribution < -0.4 is 10.2 Å². The molecule has 2 aromatic carbocycles. The minimum absolute atomic E-state index is 0.000279. The van der Waals surface area contributed by atoms with Crippen molar-refractivity contribution in [2.45, 2.75) is 40.2 Å². The number of anilines is 1. The molecule has 0 aliphatic rings. The maximum Gasteiger partial charge on any atom is 0.500 e. The van der Waals surface area contributed by atoms with E-state index in [-0.39, 0.29) is 17.3 Å². The Morgan fingerprint density at radius 1 is 1.00 bits per heavy atom. The zero-order valence-electron chi connectivity index (χ0n) is 23.4. The van der Waals surface area contributed by atoms with Crippen molar-refractivity contribution in [2.24, 2.45) is 10.2 Å². The number of nitrogens with zero attached hydrogens (tertiary/aromatic N) is 4. The number of halogens is 1. The van der Waals surface area contributed by atoms with E-state index in [4.69, 9.17) is 29.6 Å². The summed E-state index contributed by atoms with van der Waals surface area (Å²) in [5.74, 6) is 0. The molecule has 0 aliphatic heterocycles. The fourth-order valence-electron chi connectivity index (χ4n) is 3.82. The van der Waals surface area contributed by atoms with Crippen LogP contribution in [0.5, 0.6) is 0 Å². The number of alkyl carbamates (subject to hydrolysis) is 1. The van der Waals surface area contributed by atoms with Crippen LogP contribution in [-0.4, -0.2) is 65.9 Å². The first-order valence-corrected chi connectivity index (χ1v) is 15.6. The molecule has 0 fully saturated rings. The number of nitro groups is 1. The van der Waals surface area contributed by atoms with Gasteiger partial charge in [-0.2, -0.15) is 10.2 Å². The molecule has 0 unspecified atom stereocenters. The SMILES string of the molecule is CCO[Si](CCCNC(=O)OCCN(CC)c1ccc(N=Nc2ccc([N+](=O)[O-])c(Cl)c2)cc1)(OCC)OCC. The van der Waals surface area contributed by atoms with Crippen LogP contribution in [0.1, 0.15) is 34.1 Å². The fourth-order valence-corrected chi connectivity index (χ4v) is 6.67. The average molecular weight is 596 g/mol. The number of carbonyl (C=O) groups is 1. The second-order valence-corrected chi connectivity index (χ2v) is 11.5. The molecule has 0 heterocycles. The molecule has 0 aromatic heterocycles. The molecule has 12 nitrogen and oxygen atoms in total. The van der Waals surface area contributed by atoms with E-state index in [1.807, 2.05) is 39.8 Å². The summed E-state index contributed by atoms with van der Waals surface area (Å²) in [6, 6.07) is 12.2. The van der Waals surface area contributed by atoms with Gasteiger partial charge in [0.1, 0.15) is 11.6 Å². The summed E-state index contributed by atoms with van der Waals surface area (Å²) < 4.78 is 22.8. The Morgan fingerprint density at radius 2 is 1.60 bits per heavy atom. The quantitative estimate of drug-likeness (QED) is 0.0664. The van der Waals surface area contributed by atoms with Crippen molar-refractivity contribution in [3.05, 3.63) is 57.6 Å². The molecule has 0 saturated carbocycles. The molecule has 2 rings (SSSR count). The normalized spacial score (nSPS) is 11.5. The summed E-state index contributed by atoms with van der Waals surface area (Å²) >= 11 is 5.92.